The smallest absolute Gasteiger partial charge is 0.407 e. The van der Waals surface area contributed by atoms with Crippen LogP contribution < -0.4 is 10.6 Å². The Hall–Kier alpha value is -3.39. The molecule has 0 saturated heterocycles. The Labute approximate surface area is 204 Å². The van der Waals surface area contributed by atoms with Crippen molar-refractivity contribution in [1.82, 2.24) is 10.6 Å². The van der Waals surface area contributed by atoms with Gasteiger partial charge in [0.05, 0.1) is 6.61 Å². The van der Waals surface area contributed by atoms with Crippen molar-refractivity contribution in [2.24, 2.45) is 17.8 Å². The van der Waals surface area contributed by atoms with E-state index >= 15 is 0 Å². The van der Waals surface area contributed by atoms with Gasteiger partial charge in [0.1, 0.15) is 6.61 Å². The van der Waals surface area contributed by atoms with Crippen molar-refractivity contribution in [2.75, 3.05) is 20.3 Å². The van der Waals surface area contributed by atoms with Crippen LogP contribution in [0.15, 0.2) is 48.5 Å². The summed E-state index contributed by atoms with van der Waals surface area (Å²) in [4.78, 5) is 36.5. The van der Waals surface area contributed by atoms with E-state index in [1.54, 1.807) is 0 Å². The number of carbonyl (C=O) groups is 3. The van der Waals surface area contributed by atoms with Crippen LogP contribution >= 0.6 is 0 Å². The molecule has 0 bridgehead atoms. The Kier molecular flexibility index (Phi) is 6.47. The maximum absolute atomic E-state index is 12.6. The molecule has 0 heterocycles. The molecule has 0 aromatic heterocycles. The molecule has 2 saturated carbocycles. The van der Waals surface area contributed by atoms with Gasteiger partial charge in [-0.25, -0.2) is 9.59 Å². The molecule has 3 N–H and O–H groups in total. The third-order valence-corrected chi connectivity index (χ3v) is 7.79. The summed E-state index contributed by atoms with van der Waals surface area (Å²) < 4.78 is 10.6. The van der Waals surface area contributed by atoms with Gasteiger partial charge in [-0.05, 0) is 53.4 Å². The molecule has 3 aliphatic carbocycles. The zero-order valence-electron chi connectivity index (χ0n) is 19.6. The van der Waals surface area contributed by atoms with E-state index in [2.05, 4.69) is 34.9 Å². The lowest BCUT2D eigenvalue weighted by atomic mass is 9.71. The van der Waals surface area contributed by atoms with Gasteiger partial charge in [-0.1, -0.05) is 48.5 Å². The summed E-state index contributed by atoms with van der Waals surface area (Å²) in [6.07, 6.45) is 1.70. The van der Waals surface area contributed by atoms with E-state index in [1.807, 2.05) is 24.3 Å². The zero-order valence-corrected chi connectivity index (χ0v) is 19.6. The zero-order chi connectivity index (χ0) is 24.5. The highest BCUT2D eigenvalue weighted by Gasteiger charge is 2.50. The number of amides is 2. The molecule has 2 aromatic rings. The number of hydrogen-bond acceptors (Lipinski definition) is 5. The maximum Gasteiger partial charge on any atom is 0.407 e. The van der Waals surface area contributed by atoms with Gasteiger partial charge in [-0.15, -0.1) is 0 Å². The number of aliphatic carboxylic acids is 1. The van der Waals surface area contributed by atoms with Crippen molar-refractivity contribution < 1.29 is 29.0 Å². The number of methoxy groups -OCH3 is 1. The first-order chi connectivity index (χ1) is 17.0. The molecule has 8 heteroatoms. The first-order valence-electron chi connectivity index (χ1n) is 12.1. The molecule has 5 atom stereocenters. The van der Waals surface area contributed by atoms with Crippen LogP contribution in [0.25, 0.3) is 11.1 Å². The number of rotatable bonds is 8. The summed E-state index contributed by atoms with van der Waals surface area (Å²) in [5, 5.41) is 14.8. The first-order valence-corrected chi connectivity index (χ1v) is 12.1. The second-order valence-electron chi connectivity index (χ2n) is 9.76. The molecule has 8 nitrogen and oxygen atoms in total. The van der Waals surface area contributed by atoms with Crippen LogP contribution in [0.3, 0.4) is 0 Å². The normalized spacial score (nSPS) is 24.9. The number of nitrogens with one attached hydrogen (secondary N) is 2. The maximum atomic E-state index is 12.6. The standard InChI is InChI=1S/C27H30N2O6/c1-34-14-24(26(31)32)28-25(30)16-10-15-12-23(21(15)11-16)29-27(33)35-13-22-19-8-4-2-6-17(19)18-7-3-5-9-20(18)22/h2-9,15-16,21-24H,10-14H2,1H3,(H,28,30)(H,29,33)(H,31,32)/t15?,16?,21?,23?,24-/m0/s1. The minimum Gasteiger partial charge on any atom is -0.480 e. The van der Waals surface area contributed by atoms with Gasteiger partial charge >= 0.3 is 12.1 Å². The number of alkyl carbamates (subject to hydrolysis) is 1. The van der Waals surface area contributed by atoms with E-state index in [1.165, 1.54) is 29.4 Å². The molecule has 184 valence electrons. The van der Waals surface area contributed by atoms with Gasteiger partial charge < -0.3 is 25.2 Å². The third kappa shape index (κ3) is 4.50. The average molecular weight is 479 g/mol. The average Bonchev–Trinajstić information content (AvgIpc) is 3.36. The van der Waals surface area contributed by atoms with Gasteiger partial charge in [0.15, 0.2) is 6.04 Å². The fourth-order valence-corrected chi connectivity index (χ4v) is 6.03. The van der Waals surface area contributed by atoms with Gasteiger partial charge in [0.25, 0.3) is 0 Å². The second kappa shape index (κ2) is 9.70. The molecule has 2 aromatic carbocycles. The highest BCUT2D eigenvalue weighted by molar-refractivity contribution is 5.85. The lowest BCUT2D eigenvalue weighted by Crippen LogP contribution is -2.50. The molecule has 0 spiro atoms. The van der Waals surface area contributed by atoms with Crippen LogP contribution in [0, 0.1) is 17.8 Å². The Morgan fingerprint density at radius 1 is 1.00 bits per heavy atom. The summed E-state index contributed by atoms with van der Waals surface area (Å²) in [7, 11) is 1.40. The lowest BCUT2D eigenvalue weighted by Gasteiger charge is -2.40. The Balaban J connectivity index is 1.13. The number of carboxylic acids is 1. The van der Waals surface area contributed by atoms with E-state index in [-0.39, 0.29) is 42.9 Å². The van der Waals surface area contributed by atoms with E-state index < -0.39 is 18.1 Å². The van der Waals surface area contributed by atoms with E-state index in [0.29, 0.717) is 18.8 Å². The van der Waals surface area contributed by atoms with Crippen molar-refractivity contribution in [3.63, 3.8) is 0 Å². The van der Waals surface area contributed by atoms with Crippen LogP contribution in [-0.2, 0) is 19.1 Å². The van der Waals surface area contributed by atoms with Crippen LogP contribution in [0.4, 0.5) is 4.79 Å². The second-order valence-corrected chi connectivity index (χ2v) is 9.76. The number of carbonyl (C=O) groups excluding carboxylic acids is 2. The van der Waals surface area contributed by atoms with E-state index in [0.717, 1.165) is 6.42 Å². The highest BCUT2D eigenvalue weighted by atomic mass is 16.5. The minimum atomic E-state index is -1.11. The fourth-order valence-electron chi connectivity index (χ4n) is 6.03. The Bertz CT molecular complexity index is 1090. The SMILES string of the molecule is COC[C@H](NC(=O)C1CC2CC(NC(=O)OCC3c4ccccc4-c4ccccc43)C2C1)C(=O)O. The van der Waals surface area contributed by atoms with Gasteiger partial charge in [-0.2, -0.15) is 0 Å². The van der Waals surface area contributed by atoms with Crippen molar-refractivity contribution in [2.45, 2.75) is 37.3 Å². The monoisotopic (exact) mass is 478 g/mol. The molecule has 0 radical (unpaired) electrons. The van der Waals surface area contributed by atoms with E-state index in [9.17, 15) is 19.5 Å². The number of fused-ring (bicyclic) bond motifs is 4. The van der Waals surface area contributed by atoms with Crippen molar-refractivity contribution >= 4 is 18.0 Å². The predicted octanol–water partition coefficient (Wildman–Crippen LogP) is 3.16. The summed E-state index contributed by atoms with van der Waals surface area (Å²) >= 11 is 0. The topological polar surface area (TPSA) is 114 Å². The van der Waals surface area contributed by atoms with Gasteiger partial charge in [-0.3, -0.25) is 4.79 Å². The molecule has 4 unspecified atom stereocenters. The fraction of sp³-hybridized carbons (Fsp3) is 0.444. The largest absolute Gasteiger partial charge is 0.480 e. The molecule has 3 aliphatic rings. The van der Waals surface area contributed by atoms with Crippen LogP contribution in [0.1, 0.15) is 36.3 Å². The number of hydrogen-bond donors (Lipinski definition) is 3. The first kappa shape index (κ1) is 23.4. The molecule has 2 amide bonds. The molecule has 2 fully saturated rings. The Morgan fingerprint density at radius 2 is 1.66 bits per heavy atom. The van der Waals surface area contributed by atoms with Crippen molar-refractivity contribution in [3.05, 3.63) is 59.7 Å². The van der Waals surface area contributed by atoms with Crippen molar-refractivity contribution in [3.8, 4) is 11.1 Å². The van der Waals surface area contributed by atoms with Gasteiger partial charge in [0.2, 0.25) is 5.91 Å². The number of ether oxygens (including phenoxy) is 2. The molecular weight excluding hydrogens is 448 g/mol. The van der Waals surface area contributed by atoms with Crippen LogP contribution in [0.2, 0.25) is 0 Å². The summed E-state index contributed by atoms with van der Waals surface area (Å²) in [5.74, 6) is -1.05. The van der Waals surface area contributed by atoms with Crippen molar-refractivity contribution in [1.29, 1.82) is 0 Å². The molecular formula is C27H30N2O6. The third-order valence-electron chi connectivity index (χ3n) is 7.79. The molecule has 35 heavy (non-hydrogen) atoms. The minimum absolute atomic E-state index is 0.0103. The van der Waals surface area contributed by atoms with E-state index in [4.69, 9.17) is 9.47 Å². The molecule has 0 aliphatic heterocycles. The number of carboxylic acid groups (broad SMARTS) is 1. The van der Waals surface area contributed by atoms with Gasteiger partial charge in [0, 0.05) is 25.0 Å². The highest BCUT2D eigenvalue weighted by Crippen LogP contribution is 2.50. The summed E-state index contributed by atoms with van der Waals surface area (Å²) in [5.41, 5.74) is 4.71. The Morgan fingerprint density at radius 3 is 2.29 bits per heavy atom. The lowest BCUT2D eigenvalue weighted by molar-refractivity contribution is -0.144. The summed E-state index contributed by atoms with van der Waals surface area (Å²) in [6.45, 7) is 0.189. The summed E-state index contributed by atoms with van der Waals surface area (Å²) in [6, 6.07) is 15.3. The van der Waals surface area contributed by atoms with Crippen LogP contribution in [-0.4, -0.2) is 55.5 Å². The predicted molar refractivity (Wildman–Crippen MR) is 128 cm³/mol. The van der Waals surface area contributed by atoms with Crippen LogP contribution in [0.5, 0.6) is 0 Å². The number of benzene rings is 2. The quantitative estimate of drug-likeness (QED) is 0.537. The molecule has 5 rings (SSSR count).